The Hall–Kier alpha value is -2.94. The van der Waals surface area contributed by atoms with Gasteiger partial charge in [0.2, 0.25) is 11.8 Å². The number of hydrogen-bond donors (Lipinski definition) is 2. The van der Waals surface area contributed by atoms with Crippen molar-refractivity contribution >= 4 is 29.4 Å². The molecule has 0 bridgehead atoms. The van der Waals surface area contributed by atoms with E-state index in [1.807, 2.05) is 20.8 Å². The fourth-order valence-corrected chi connectivity index (χ4v) is 3.53. The molecule has 1 saturated heterocycles. The van der Waals surface area contributed by atoms with Crippen LogP contribution in [-0.4, -0.2) is 78.9 Å². The number of carbonyl (C=O) groups is 4. The minimum atomic E-state index is -0.751. The first-order chi connectivity index (χ1) is 15.4. The summed E-state index contributed by atoms with van der Waals surface area (Å²) in [6.07, 6.45) is 1.58. The van der Waals surface area contributed by atoms with Crippen molar-refractivity contribution in [3.8, 4) is 0 Å². The van der Waals surface area contributed by atoms with Crippen molar-refractivity contribution in [3.05, 3.63) is 29.8 Å². The molecule has 3 amide bonds. The maximum atomic E-state index is 12.7. The lowest BCUT2D eigenvalue weighted by atomic mass is 10.1. The van der Waals surface area contributed by atoms with Crippen LogP contribution in [0.5, 0.6) is 0 Å². The first kappa shape index (κ1) is 25.3. The van der Waals surface area contributed by atoms with E-state index in [-0.39, 0.29) is 30.7 Å². The van der Waals surface area contributed by atoms with Gasteiger partial charge in [0.1, 0.15) is 6.04 Å². The number of hydrogen-bond acceptors (Lipinski definition) is 6. The van der Waals surface area contributed by atoms with E-state index in [1.165, 1.54) is 0 Å². The fraction of sp³-hybridized carbons (Fsp3) is 0.565. The summed E-state index contributed by atoms with van der Waals surface area (Å²) in [6, 6.07) is 6.03. The first-order valence-corrected chi connectivity index (χ1v) is 11.3. The number of nitrogens with zero attached hydrogens (tertiary/aromatic N) is 2. The van der Waals surface area contributed by atoms with E-state index in [1.54, 1.807) is 34.1 Å². The summed E-state index contributed by atoms with van der Waals surface area (Å²) in [5, 5.41) is 5.53. The summed E-state index contributed by atoms with van der Waals surface area (Å²) in [5.74, 6) is -1.16. The van der Waals surface area contributed by atoms with Gasteiger partial charge in [-0.1, -0.05) is 19.4 Å². The van der Waals surface area contributed by atoms with Crippen LogP contribution in [0.3, 0.4) is 0 Å². The van der Waals surface area contributed by atoms with Gasteiger partial charge in [0.25, 0.3) is 5.91 Å². The maximum absolute atomic E-state index is 12.7. The van der Waals surface area contributed by atoms with Gasteiger partial charge in [-0.3, -0.25) is 24.1 Å². The summed E-state index contributed by atoms with van der Waals surface area (Å²) in [7, 11) is 0. The number of rotatable bonds is 11. The molecule has 1 aromatic rings. The van der Waals surface area contributed by atoms with Crippen molar-refractivity contribution in [1.82, 2.24) is 15.1 Å². The van der Waals surface area contributed by atoms with Gasteiger partial charge in [-0.15, -0.1) is 0 Å². The highest BCUT2D eigenvalue weighted by atomic mass is 16.5. The van der Waals surface area contributed by atoms with E-state index in [2.05, 4.69) is 10.6 Å². The molecule has 9 nitrogen and oxygen atoms in total. The summed E-state index contributed by atoms with van der Waals surface area (Å²) < 4.78 is 5.17. The quantitative estimate of drug-likeness (QED) is 0.395. The lowest BCUT2D eigenvalue weighted by Crippen LogP contribution is -2.57. The molecule has 0 spiro atoms. The Morgan fingerprint density at radius 3 is 2.66 bits per heavy atom. The van der Waals surface area contributed by atoms with Gasteiger partial charge in [-0.05, 0) is 38.5 Å². The number of amides is 3. The number of esters is 1. The molecule has 0 aliphatic carbocycles. The van der Waals surface area contributed by atoms with E-state index in [0.717, 1.165) is 12.8 Å². The number of piperazine rings is 1. The van der Waals surface area contributed by atoms with E-state index in [4.69, 9.17) is 4.74 Å². The van der Waals surface area contributed by atoms with Gasteiger partial charge in [-0.25, -0.2) is 0 Å². The third-order valence-corrected chi connectivity index (χ3v) is 5.35. The van der Waals surface area contributed by atoms with Crippen molar-refractivity contribution in [3.63, 3.8) is 0 Å². The second-order valence-electron chi connectivity index (χ2n) is 7.66. The van der Waals surface area contributed by atoms with Crippen LogP contribution in [0.25, 0.3) is 0 Å². The molecule has 1 aliphatic rings. The average molecular weight is 447 g/mol. The highest BCUT2D eigenvalue weighted by Crippen LogP contribution is 2.15. The summed E-state index contributed by atoms with van der Waals surface area (Å²) in [4.78, 5) is 53.0. The maximum Gasteiger partial charge on any atom is 0.307 e. The van der Waals surface area contributed by atoms with Crippen LogP contribution in [0.4, 0.5) is 5.69 Å². The third-order valence-electron chi connectivity index (χ3n) is 5.35. The summed E-state index contributed by atoms with van der Waals surface area (Å²) in [5.41, 5.74) is 1.00. The SMILES string of the molecule is CCCCOC(=O)CC1C(=O)NCCN1CC(=O)Nc1cccc(C(=O)N(CC)CC)c1. The molecule has 0 aromatic heterocycles. The van der Waals surface area contributed by atoms with Crippen LogP contribution in [0.15, 0.2) is 24.3 Å². The van der Waals surface area contributed by atoms with Crippen LogP contribution < -0.4 is 10.6 Å². The Kier molecular flexibility index (Phi) is 10.1. The first-order valence-electron chi connectivity index (χ1n) is 11.3. The fourth-order valence-electron chi connectivity index (χ4n) is 3.53. The van der Waals surface area contributed by atoms with E-state index < -0.39 is 12.0 Å². The zero-order valence-electron chi connectivity index (χ0n) is 19.2. The highest BCUT2D eigenvalue weighted by molar-refractivity contribution is 5.98. The van der Waals surface area contributed by atoms with E-state index in [9.17, 15) is 19.2 Å². The molecule has 1 atom stereocenters. The van der Waals surface area contributed by atoms with Crippen LogP contribution in [0, 0.1) is 0 Å². The normalized spacial score (nSPS) is 16.2. The zero-order valence-corrected chi connectivity index (χ0v) is 19.2. The van der Waals surface area contributed by atoms with Crippen LogP contribution in [0.2, 0.25) is 0 Å². The van der Waals surface area contributed by atoms with Crippen molar-refractivity contribution < 1.29 is 23.9 Å². The molecule has 0 radical (unpaired) electrons. The van der Waals surface area contributed by atoms with Crippen molar-refractivity contribution in [2.24, 2.45) is 0 Å². The predicted octanol–water partition coefficient (Wildman–Crippen LogP) is 1.64. The Morgan fingerprint density at radius 1 is 1.22 bits per heavy atom. The van der Waals surface area contributed by atoms with Crippen LogP contribution in [0.1, 0.15) is 50.4 Å². The van der Waals surface area contributed by atoms with Gasteiger partial charge < -0.3 is 20.3 Å². The number of benzene rings is 1. The molecule has 2 N–H and O–H groups in total. The predicted molar refractivity (Wildman–Crippen MR) is 121 cm³/mol. The van der Waals surface area contributed by atoms with Gasteiger partial charge in [0, 0.05) is 37.4 Å². The Balaban J connectivity index is 1.99. The van der Waals surface area contributed by atoms with Gasteiger partial charge in [-0.2, -0.15) is 0 Å². The second-order valence-corrected chi connectivity index (χ2v) is 7.66. The molecular formula is C23H34N4O5. The van der Waals surface area contributed by atoms with E-state index >= 15 is 0 Å². The van der Waals surface area contributed by atoms with Crippen molar-refractivity contribution in [1.29, 1.82) is 0 Å². The molecule has 0 saturated carbocycles. The molecular weight excluding hydrogens is 412 g/mol. The minimum Gasteiger partial charge on any atom is -0.466 e. The monoisotopic (exact) mass is 446 g/mol. The standard InChI is InChI=1S/C23H34N4O5/c1-4-7-13-32-21(29)15-19-22(30)24-11-12-27(19)16-20(28)25-18-10-8-9-17(14-18)23(31)26(5-2)6-3/h8-10,14,19H,4-7,11-13,15-16H2,1-3H3,(H,24,30)(H,25,28). The van der Waals surface area contributed by atoms with Crippen molar-refractivity contribution in [2.75, 3.05) is 44.6 Å². The molecule has 176 valence electrons. The largest absolute Gasteiger partial charge is 0.466 e. The lowest BCUT2D eigenvalue weighted by Gasteiger charge is -2.33. The highest BCUT2D eigenvalue weighted by Gasteiger charge is 2.33. The Bertz CT molecular complexity index is 809. The van der Waals surface area contributed by atoms with Crippen LogP contribution in [-0.2, 0) is 19.1 Å². The molecule has 1 fully saturated rings. The van der Waals surface area contributed by atoms with Gasteiger partial charge in [0.15, 0.2) is 0 Å². The number of nitrogens with one attached hydrogen (secondary N) is 2. The molecule has 1 aromatic carbocycles. The minimum absolute atomic E-state index is 0.0471. The smallest absolute Gasteiger partial charge is 0.307 e. The Morgan fingerprint density at radius 2 is 1.97 bits per heavy atom. The molecule has 1 heterocycles. The molecule has 2 rings (SSSR count). The summed E-state index contributed by atoms with van der Waals surface area (Å²) >= 11 is 0. The van der Waals surface area contributed by atoms with Gasteiger partial charge in [0.05, 0.1) is 19.6 Å². The molecule has 1 unspecified atom stereocenters. The molecule has 32 heavy (non-hydrogen) atoms. The van der Waals surface area contributed by atoms with Crippen LogP contribution >= 0.6 is 0 Å². The van der Waals surface area contributed by atoms with Gasteiger partial charge >= 0.3 is 5.97 Å². The second kappa shape index (κ2) is 12.8. The number of unbranched alkanes of at least 4 members (excludes halogenated alkanes) is 1. The molecule has 1 aliphatic heterocycles. The lowest BCUT2D eigenvalue weighted by molar-refractivity contribution is -0.149. The summed E-state index contributed by atoms with van der Waals surface area (Å²) in [6.45, 7) is 8.17. The topological polar surface area (TPSA) is 108 Å². The average Bonchev–Trinajstić information content (AvgIpc) is 2.77. The number of anilines is 1. The molecule has 9 heteroatoms. The number of carbonyl (C=O) groups excluding carboxylic acids is 4. The zero-order chi connectivity index (χ0) is 23.5. The third kappa shape index (κ3) is 7.33. The number of ether oxygens (including phenoxy) is 1. The van der Waals surface area contributed by atoms with E-state index in [0.29, 0.717) is 44.0 Å². The van der Waals surface area contributed by atoms with Crippen molar-refractivity contribution in [2.45, 2.75) is 46.1 Å². The Labute approximate surface area is 189 Å².